The molecule has 36 heavy (non-hydrogen) atoms. The van der Waals surface area contributed by atoms with Gasteiger partial charge in [0.1, 0.15) is 18.1 Å². The van der Waals surface area contributed by atoms with Crippen molar-refractivity contribution in [2.45, 2.75) is 58.5 Å². The van der Waals surface area contributed by atoms with Crippen molar-refractivity contribution in [2.75, 3.05) is 7.11 Å². The second-order valence-corrected chi connectivity index (χ2v) is 11.5. The van der Waals surface area contributed by atoms with Gasteiger partial charge in [-0.2, -0.15) is 0 Å². The number of thiophene rings is 1. The monoisotopic (exact) mass is 502 g/mol. The maximum atomic E-state index is 11.4. The van der Waals surface area contributed by atoms with Crippen molar-refractivity contribution in [2.24, 2.45) is 11.3 Å². The molecule has 5 heteroatoms. The van der Waals surface area contributed by atoms with Crippen LogP contribution in [-0.2, 0) is 11.4 Å². The van der Waals surface area contributed by atoms with Gasteiger partial charge in [-0.25, -0.2) is 0 Å². The van der Waals surface area contributed by atoms with Crippen LogP contribution in [0, 0.1) is 11.3 Å². The lowest BCUT2D eigenvalue weighted by molar-refractivity contribution is -0.137. The molecule has 1 N–H and O–H groups in total. The minimum absolute atomic E-state index is 0.0596. The van der Waals surface area contributed by atoms with Crippen LogP contribution in [0.5, 0.6) is 11.5 Å². The van der Waals surface area contributed by atoms with E-state index in [0.29, 0.717) is 12.5 Å². The number of carbonyl (C=O) groups is 1. The maximum Gasteiger partial charge on any atom is 0.303 e. The molecule has 1 fully saturated rings. The van der Waals surface area contributed by atoms with Gasteiger partial charge in [-0.1, -0.05) is 44.2 Å². The fourth-order valence-electron chi connectivity index (χ4n) is 5.49. The highest BCUT2D eigenvalue weighted by molar-refractivity contribution is 7.14. The summed E-state index contributed by atoms with van der Waals surface area (Å²) in [5, 5.41) is 11.6. The number of hydrogen-bond donors (Lipinski definition) is 1. The van der Waals surface area contributed by atoms with Crippen molar-refractivity contribution < 1.29 is 19.4 Å². The van der Waals surface area contributed by atoms with Crippen molar-refractivity contribution in [3.63, 3.8) is 0 Å². The van der Waals surface area contributed by atoms with Gasteiger partial charge in [0.05, 0.1) is 13.5 Å². The lowest BCUT2D eigenvalue weighted by Gasteiger charge is -2.25. The van der Waals surface area contributed by atoms with E-state index in [1.165, 1.54) is 21.6 Å². The number of ether oxygens (including phenoxy) is 2. The van der Waals surface area contributed by atoms with Gasteiger partial charge in [0, 0.05) is 21.6 Å². The van der Waals surface area contributed by atoms with Crippen molar-refractivity contribution >= 4 is 22.9 Å². The van der Waals surface area contributed by atoms with E-state index in [-0.39, 0.29) is 17.8 Å². The highest BCUT2D eigenvalue weighted by atomic mass is 32.1. The fraction of sp³-hybridized carbons (Fsp3) is 0.387. The van der Waals surface area contributed by atoms with Gasteiger partial charge >= 0.3 is 5.97 Å². The van der Waals surface area contributed by atoms with E-state index in [9.17, 15) is 9.90 Å². The summed E-state index contributed by atoms with van der Waals surface area (Å²) >= 11 is 1.74. The molecule has 1 atom stereocenters. The third-order valence-corrected chi connectivity index (χ3v) is 8.66. The van der Waals surface area contributed by atoms with E-state index in [2.05, 4.69) is 37.4 Å². The molecule has 1 aromatic heterocycles. The van der Waals surface area contributed by atoms with Crippen molar-refractivity contribution in [3.8, 4) is 21.9 Å². The normalized spacial score (nSPS) is 17.5. The SMILES string of the molecule is COc1ccccc1-c1scc(COc2cccc(C(CC(=O)O)C3CC3)c2)c1C1=CCCC1(C)C. The summed E-state index contributed by atoms with van der Waals surface area (Å²) < 4.78 is 12.1. The van der Waals surface area contributed by atoms with Crippen molar-refractivity contribution in [1.29, 1.82) is 0 Å². The highest BCUT2D eigenvalue weighted by Gasteiger charge is 2.34. The zero-order valence-electron chi connectivity index (χ0n) is 21.3. The molecule has 0 aliphatic heterocycles. The highest BCUT2D eigenvalue weighted by Crippen LogP contribution is 2.51. The summed E-state index contributed by atoms with van der Waals surface area (Å²) in [6.45, 7) is 5.11. The van der Waals surface area contributed by atoms with Crippen LogP contribution in [-0.4, -0.2) is 18.2 Å². The number of methoxy groups -OCH3 is 1. The number of benzene rings is 2. The van der Waals surface area contributed by atoms with Gasteiger partial charge in [0.25, 0.3) is 0 Å². The first-order valence-corrected chi connectivity index (χ1v) is 13.6. The predicted molar refractivity (Wildman–Crippen MR) is 146 cm³/mol. The first kappa shape index (κ1) is 24.6. The van der Waals surface area contributed by atoms with E-state index in [1.807, 2.05) is 36.4 Å². The Morgan fingerprint density at radius 3 is 2.67 bits per heavy atom. The molecule has 1 heterocycles. The number of hydrogen-bond acceptors (Lipinski definition) is 4. The zero-order valence-corrected chi connectivity index (χ0v) is 22.1. The molecule has 188 valence electrons. The molecule has 4 nitrogen and oxygen atoms in total. The average Bonchev–Trinajstić information content (AvgIpc) is 3.53. The second-order valence-electron chi connectivity index (χ2n) is 10.6. The largest absolute Gasteiger partial charge is 0.496 e. The maximum absolute atomic E-state index is 11.4. The van der Waals surface area contributed by atoms with E-state index < -0.39 is 5.97 Å². The smallest absolute Gasteiger partial charge is 0.303 e. The van der Waals surface area contributed by atoms with E-state index in [0.717, 1.165) is 48.3 Å². The molecule has 2 aliphatic rings. The Hall–Kier alpha value is -3.05. The molecule has 2 aliphatic carbocycles. The lowest BCUT2D eigenvalue weighted by Crippen LogP contribution is -2.11. The molecular formula is C31H34O4S. The number of carboxylic acids is 1. The van der Waals surface area contributed by atoms with Gasteiger partial charge in [0.15, 0.2) is 0 Å². The first-order chi connectivity index (χ1) is 17.4. The standard InChI is InChI=1S/C31H34O4S/c1-31(2)15-7-11-26(31)29-22(19-36-30(29)24-10-4-5-12-27(24)34-3)18-35-23-9-6-8-21(16-23)25(17-28(32)33)20-13-14-20/h4-6,8-12,16,19-20,25H,7,13-15,17-18H2,1-3H3,(H,32,33). The third kappa shape index (κ3) is 5.08. The molecule has 5 rings (SSSR count). The Bertz CT molecular complexity index is 1280. The molecule has 0 amide bonds. The molecule has 1 unspecified atom stereocenters. The number of allylic oxidation sites excluding steroid dienone is 2. The number of carboxylic acid groups (broad SMARTS) is 1. The van der Waals surface area contributed by atoms with Gasteiger partial charge in [-0.3, -0.25) is 4.79 Å². The van der Waals surface area contributed by atoms with Gasteiger partial charge < -0.3 is 14.6 Å². The Balaban J connectivity index is 1.46. The quantitative estimate of drug-likeness (QED) is 0.304. The predicted octanol–water partition coefficient (Wildman–Crippen LogP) is 8.17. The van der Waals surface area contributed by atoms with Crippen LogP contribution in [0.25, 0.3) is 16.0 Å². The van der Waals surface area contributed by atoms with Crippen LogP contribution in [0.1, 0.15) is 68.6 Å². The minimum atomic E-state index is -0.738. The molecule has 0 bridgehead atoms. The molecule has 0 spiro atoms. The number of rotatable bonds is 10. The third-order valence-electron chi connectivity index (χ3n) is 7.60. The van der Waals surface area contributed by atoms with Crippen molar-refractivity contribution in [1.82, 2.24) is 0 Å². The van der Waals surface area contributed by atoms with Gasteiger partial charge in [-0.15, -0.1) is 11.3 Å². The van der Waals surface area contributed by atoms with Gasteiger partial charge in [0.2, 0.25) is 0 Å². The summed E-state index contributed by atoms with van der Waals surface area (Å²) in [6, 6.07) is 16.3. The summed E-state index contributed by atoms with van der Waals surface area (Å²) in [7, 11) is 1.72. The molecule has 3 aromatic rings. The Morgan fingerprint density at radius 1 is 1.17 bits per heavy atom. The summed E-state index contributed by atoms with van der Waals surface area (Å²) in [5.41, 5.74) is 6.10. The summed E-state index contributed by atoms with van der Waals surface area (Å²) in [4.78, 5) is 12.7. The van der Waals surface area contributed by atoms with Crippen LogP contribution in [0.2, 0.25) is 0 Å². The van der Waals surface area contributed by atoms with Crippen LogP contribution in [0.3, 0.4) is 0 Å². The van der Waals surface area contributed by atoms with Crippen LogP contribution in [0.15, 0.2) is 60.0 Å². The van der Waals surface area contributed by atoms with Crippen LogP contribution in [0.4, 0.5) is 0 Å². The first-order valence-electron chi connectivity index (χ1n) is 12.8. The minimum Gasteiger partial charge on any atom is -0.496 e. The molecular weight excluding hydrogens is 468 g/mol. The molecule has 2 aromatic carbocycles. The van der Waals surface area contributed by atoms with E-state index >= 15 is 0 Å². The van der Waals surface area contributed by atoms with E-state index in [4.69, 9.17) is 9.47 Å². The van der Waals surface area contributed by atoms with Gasteiger partial charge in [-0.05, 0) is 83.7 Å². The lowest BCUT2D eigenvalue weighted by atomic mass is 9.80. The van der Waals surface area contributed by atoms with E-state index in [1.54, 1.807) is 18.4 Å². The summed E-state index contributed by atoms with van der Waals surface area (Å²) in [5.74, 6) is 1.46. The Kier molecular flexibility index (Phi) is 6.94. The molecule has 0 radical (unpaired) electrons. The summed E-state index contributed by atoms with van der Waals surface area (Å²) in [6.07, 6.45) is 7.00. The van der Waals surface area contributed by atoms with Crippen LogP contribution >= 0.6 is 11.3 Å². The Labute approximate surface area is 217 Å². The molecule has 1 saturated carbocycles. The number of para-hydroxylation sites is 1. The average molecular weight is 503 g/mol. The Morgan fingerprint density at radius 2 is 1.97 bits per heavy atom. The molecule has 0 saturated heterocycles. The topological polar surface area (TPSA) is 55.8 Å². The van der Waals surface area contributed by atoms with Crippen LogP contribution < -0.4 is 9.47 Å². The second kappa shape index (κ2) is 10.1. The zero-order chi connectivity index (χ0) is 25.3. The fourth-order valence-corrected chi connectivity index (χ4v) is 6.59. The van der Waals surface area contributed by atoms with Crippen molar-refractivity contribution in [3.05, 3.63) is 76.7 Å². The number of aliphatic carboxylic acids is 1.